The van der Waals surface area contributed by atoms with Crippen molar-refractivity contribution in [3.8, 4) is 0 Å². The average Bonchev–Trinajstić information content (AvgIpc) is 2.40. The molecule has 1 aromatic rings. The molecular weight excluding hydrogens is 244 g/mol. The molecule has 1 aromatic heterocycles. The lowest BCUT2D eigenvalue weighted by Gasteiger charge is -2.42. The summed E-state index contributed by atoms with van der Waals surface area (Å²) in [5.41, 5.74) is 1.12. The quantitative estimate of drug-likeness (QED) is 0.769. The largest absolute Gasteiger partial charge is 0.450 e. The summed E-state index contributed by atoms with van der Waals surface area (Å²) in [5.74, 6) is 0.613. The molecule has 0 aromatic carbocycles. The molecule has 5 nitrogen and oxygen atoms in total. The third-order valence-corrected chi connectivity index (χ3v) is 4.01. The molecule has 3 rings (SSSR count). The number of piperidine rings is 1. The van der Waals surface area contributed by atoms with E-state index in [1.54, 1.807) is 17.0 Å². The summed E-state index contributed by atoms with van der Waals surface area (Å²) in [6, 6.07) is 5.41. The van der Waals surface area contributed by atoms with E-state index in [-0.39, 0.29) is 17.6 Å². The summed E-state index contributed by atoms with van der Waals surface area (Å²) >= 11 is 0. The molecule has 0 spiro atoms. The van der Waals surface area contributed by atoms with Crippen LogP contribution >= 0.6 is 0 Å². The Morgan fingerprint density at radius 2 is 2.21 bits per heavy atom. The smallest absolute Gasteiger partial charge is 0.409 e. The van der Waals surface area contributed by atoms with E-state index in [2.05, 4.69) is 0 Å². The van der Waals surface area contributed by atoms with E-state index in [1.807, 2.05) is 17.6 Å². The highest BCUT2D eigenvalue weighted by molar-refractivity contribution is 5.67. The number of amides is 1. The number of rotatable bonds is 1. The molecule has 0 aliphatic carbocycles. The number of pyridine rings is 1. The van der Waals surface area contributed by atoms with Crippen molar-refractivity contribution in [3.05, 3.63) is 34.2 Å². The predicted octanol–water partition coefficient (Wildman–Crippen LogP) is 1.42. The van der Waals surface area contributed by atoms with Crippen molar-refractivity contribution in [3.63, 3.8) is 0 Å². The lowest BCUT2D eigenvalue weighted by Crippen LogP contribution is -2.49. The van der Waals surface area contributed by atoms with Gasteiger partial charge in [-0.05, 0) is 25.3 Å². The number of nitrogens with zero attached hydrogens (tertiary/aromatic N) is 2. The van der Waals surface area contributed by atoms with Crippen LogP contribution in [0.1, 0.15) is 25.0 Å². The molecule has 0 unspecified atom stereocenters. The van der Waals surface area contributed by atoms with E-state index in [0.717, 1.165) is 12.1 Å². The van der Waals surface area contributed by atoms with Gasteiger partial charge in [0.25, 0.3) is 5.56 Å². The van der Waals surface area contributed by atoms with Crippen LogP contribution in [0.4, 0.5) is 4.79 Å². The van der Waals surface area contributed by atoms with Crippen LogP contribution < -0.4 is 5.56 Å². The van der Waals surface area contributed by atoms with Gasteiger partial charge in [-0.3, -0.25) is 4.79 Å². The zero-order valence-corrected chi connectivity index (χ0v) is 11.0. The maximum absolute atomic E-state index is 11.9. The van der Waals surface area contributed by atoms with Gasteiger partial charge in [0.05, 0.1) is 6.61 Å². The lowest BCUT2D eigenvalue weighted by atomic mass is 9.83. The Hall–Kier alpha value is -1.78. The molecule has 0 N–H and O–H groups in total. The molecule has 2 atom stereocenters. The van der Waals surface area contributed by atoms with Crippen LogP contribution in [0.5, 0.6) is 0 Å². The van der Waals surface area contributed by atoms with E-state index in [4.69, 9.17) is 4.74 Å². The van der Waals surface area contributed by atoms with Gasteiger partial charge in [0, 0.05) is 37.3 Å². The minimum atomic E-state index is -0.232. The second kappa shape index (κ2) is 4.72. The number of aromatic nitrogens is 1. The molecule has 2 bridgehead atoms. The third-order valence-electron chi connectivity index (χ3n) is 4.01. The van der Waals surface area contributed by atoms with Crippen molar-refractivity contribution >= 4 is 6.09 Å². The van der Waals surface area contributed by atoms with Crippen molar-refractivity contribution < 1.29 is 9.53 Å². The summed E-state index contributed by atoms with van der Waals surface area (Å²) in [4.78, 5) is 25.5. The lowest BCUT2D eigenvalue weighted by molar-refractivity contribution is 0.0721. The summed E-state index contributed by atoms with van der Waals surface area (Å²) in [6.45, 7) is 4.27. The Balaban J connectivity index is 1.88. The molecule has 0 saturated carbocycles. The summed E-state index contributed by atoms with van der Waals surface area (Å²) in [6.07, 6.45) is 0.822. The molecule has 2 aliphatic heterocycles. The zero-order chi connectivity index (χ0) is 13.4. The van der Waals surface area contributed by atoms with Gasteiger partial charge in [0.15, 0.2) is 0 Å². The highest BCUT2D eigenvalue weighted by atomic mass is 16.6. The summed E-state index contributed by atoms with van der Waals surface area (Å²) in [7, 11) is 0. The molecule has 0 radical (unpaired) electrons. The predicted molar refractivity (Wildman–Crippen MR) is 70.1 cm³/mol. The monoisotopic (exact) mass is 262 g/mol. The van der Waals surface area contributed by atoms with Gasteiger partial charge in [-0.1, -0.05) is 6.07 Å². The van der Waals surface area contributed by atoms with Gasteiger partial charge in [0.2, 0.25) is 0 Å². The van der Waals surface area contributed by atoms with E-state index >= 15 is 0 Å². The molecule has 2 aliphatic rings. The van der Waals surface area contributed by atoms with Gasteiger partial charge in [0.1, 0.15) is 0 Å². The van der Waals surface area contributed by atoms with Crippen LogP contribution in [-0.2, 0) is 11.3 Å². The Morgan fingerprint density at radius 1 is 1.37 bits per heavy atom. The van der Waals surface area contributed by atoms with Crippen LogP contribution in [-0.4, -0.2) is 35.3 Å². The SMILES string of the molecule is CCOC(=O)N1C[C@H]2C[C@@H](C1)c1cccc(=O)n1C2. The fourth-order valence-corrected chi connectivity index (χ4v) is 3.26. The standard InChI is InChI=1S/C14H18N2O3/c1-2-19-14(18)15-7-10-6-11(9-15)12-4-3-5-13(17)16(12)8-10/h3-5,10-11H,2,6-9H2,1H3/t10-,11+/m1/s1. The second-order valence-electron chi connectivity index (χ2n) is 5.30. The van der Waals surface area contributed by atoms with Crippen molar-refractivity contribution in [2.45, 2.75) is 25.8 Å². The minimum absolute atomic E-state index is 0.0665. The van der Waals surface area contributed by atoms with Crippen LogP contribution in [0.15, 0.2) is 23.0 Å². The number of carbonyl (C=O) groups is 1. The van der Waals surface area contributed by atoms with Crippen molar-refractivity contribution in [1.29, 1.82) is 0 Å². The molecule has 1 amide bonds. The Morgan fingerprint density at radius 3 is 3.00 bits per heavy atom. The zero-order valence-electron chi connectivity index (χ0n) is 11.0. The maximum atomic E-state index is 11.9. The van der Waals surface area contributed by atoms with E-state index < -0.39 is 0 Å². The number of hydrogen-bond donors (Lipinski definition) is 0. The van der Waals surface area contributed by atoms with Gasteiger partial charge in [-0.15, -0.1) is 0 Å². The normalized spacial score (nSPS) is 24.8. The fourth-order valence-electron chi connectivity index (χ4n) is 3.26. The molecule has 5 heteroatoms. The molecule has 19 heavy (non-hydrogen) atoms. The number of fused-ring (bicyclic) bond motifs is 4. The average molecular weight is 262 g/mol. The second-order valence-corrected chi connectivity index (χ2v) is 5.30. The highest BCUT2D eigenvalue weighted by Gasteiger charge is 2.36. The van der Waals surface area contributed by atoms with Crippen LogP contribution in [0.3, 0.4) is 0 Å². The topological polar surface area (TPSA) is 51.5 Å². The first-order chi connectivity index (χ1) is 9.19. The van der Waals surface area contributed by atoms with Gasteiger partial charge >= 0.3 is 6.09 Å². The van der Waals surface area contributed by atoms with Crippen LogP contribution in [0.2, 0.25) is 0 Å². The van der Waals surface area contributed by atoms with Crippen molar-refractivity contribution in [2.75, 3.05) is 19.7 Å². The molecule has 3 heterocycles. The number of hydrogen-bond acceptors (Lipinski definition) is 3. The first kappa shape index (κ1) is 12.3. The molecule has 1 saturated heterocycles. The number of carbonyl (C=O) groups excluding carboxylic acids is 1. The van der Waals surface area contributed by atoms with Crippen LogP contribution in [0.25, 0.3) is 0 Å². The first-order valence-corrected chi connectivity index (χ1v) is 6.80. The minimum Gasteiger partial charge on any atom is -0.450 e. The Bertz CT molecular complexity index is 552. The first-order valence-electron chi connectivity index (χ1n) is 6.80. The highest BCUT2D eigenvalue weighted by Crippen LogP contribution is 2.34. The van der Waals surface area contributed by atoms with Crippen LogP contribution in [0, 0.1) is 5.92 Å². The van der Waals surface area contributed by atoms with Crippen molar-refractivity contribution in [1.82, 2.24) is 9.47 Å². The van der Waals surface area contributed by atoms with E-state index in [0.29, 0.717) is 32.2 Å². The molecular formula is C14H18N2O3. The number of ether oxygens (including phenoxy) is 1. The van der Waals surface area contributed by atoms with E-state index in [9.17, 15) is 9.59 Å². The number of likely N-dealkylation sites (tertiary alicyclic amines) is 1. The maximum Gasteiger partial charge on any atom is 0.409 e. The third kappa shape index (κ3) is 2.13. The fraction of sp³-hybridized carbons (Fsp3) is 0.571. The molecule has 102 valence electrons. The Labute approximate surface area is 111 Å². The van der Waals surface area contributed by atoms with Gasteiger partial charge < -0.3 is 14.2 Å². The summed E-state index contributed by atoms with van der Waals surface area (Å²) < 4.78 is 6.94. The van der Waals surface area contributed by atoms with Crippen molar-refractivity contribution in [2.24, 2.45) is 5.92 Å². The van der Waals surface area contributed by atoms with Gasteiger partial charge in [-0.25, -0.2) is 4.79 Å². The van der Waals surface area contributed by atoms with E-state index in [1.165, 1.54) is 0 Å². The summed E-state index contributed by atoms with van der Waals surface area (Å²) in [5, 5.41) is 0. The Kier molecular flexibility index (Phi) is 3.05. The molecule has 1 fully saturated rings. The van der Waals surface area contributed by atoms with Gasteiger partial charge in [-0.2, -0.15) is 0 Å².